The monoisotopic (exact) mass is 984 g/mol. The number of aliphatic hydroxyl groups is 2. The van der Waals surface area contributed by atoms with Crippen LogP contribution in [0.3, 0.4) is 0 Å². The van der Waals surface area contributed by atoms with Crippen molar-refractivity contribution in [2.24, 2.45) is 0 Å². The smallest absolute Gasteiger partial charge is 0.305 e. The minimum atomic E-state index is -0.850. The second kappa shape index (κ2) is 59.6. The Kier molecular flexibility index (Phi) is 58.0. The number of amides is 1. The Bertz CT molecular complexity index is 1130. The Morgan fingerprint density at radius 2 is 0.671 bits per heavy atom. The van der Waals surface area contributed by atoms with Gasteiger partial charge < -0.3 is 20.3 Å². The highest BCUT2D eigenvalue weighted by atomic mass is 16.5. The van der Waals surface area contributed by atoms with Gasteiger partial charge in [0.05, 0.1) is 25.4 Å². The van der Waals surface area contributed by atoms with E-state index in [9.17, 15) is 19.8 Å². The molecule has 3 N–H and O–H groups in total. The molecule has 0 aliphatic rings. The van der Waals surface area contributed by atoms with Gasteiger partial charge in [0.25, 0.3) is 0 Å². The van der Waals surface area contributed by atoms with E-state index in [-0.39, 0.29) is 18.5 Å². The van der Waals surface area contributed by atoms with E-state index in [0.717, 1.165) is 51.4 Å². The summed E-state index contributed by atoms with van der Waals surface area (Å²) in [5.74, 6) is -0.0730. The predicted octanol–water partition coefficient (Wildman–Crippen LogP) is 19.6. The summed E-state index contributed by atoms with van der Waals surface area (Å²) < 4.78 is 5.49. The molecule has 2 atom stereocenters. The van der Waals surface area contributed by atoms with Crippen molar-refractivity contribution in [3.63, 3.8) is 0 Å². The van der Waals surface area contributed by atoms with Crippen LogP contribution in [0.4, 0.5) is 0 Å². The van der Waals surface area contributed by atoms with Crippen LogP contribution in [0.15, 0.2) is 36.5 Å². The highest BCUT2D eigenvalue weighted by molar-refractivity contribution is 5.76. The van der Waals surface area contributed by atoms with Crippen LogP contribution in [0.25, 0.3) is 0 Å². The molecule has 0 fully saturated rings. The third-order valence-electron chi connectivity index (χ3n) is 14.4. The lowest BCUT2D eigenvalue weighted by atomic mass is 10.0. The maximum absolute atomic E-state index is 12.5. The first-order valence-corrected chi connectivity index (χ1v) is 31.3. The van der Waals surface area contributed by atoms with Crippen molar-refractivity contribution in [3.8, 4) is 0 Å². The van der Waals surface area contributed by atoms with Gasteiger partial charge in [-0.05, 0) is 83.5 Å². The molecule has 412 valence electrons. The molecule has 6 nitrogen and oxygen atoms in total. The van der Waals surface area contributed by atoms with E-state index < -0.39 is 12.1 Å². The molecule has 6 heteroatoms. The fraction of sp³-hybridized carbons (Fsp3) is 0.875. The van der Waals surface area contributed by atoms with E-state index in [1.807, 2.05) is 6.08 Å². The molecule has 0 aromatic heterocycles. The quantitative estimate of drug-likeness (QED) is 0.0321. The molecule has 0 heterocycles. The number of rotatable bonds is 58. The number of unbranched alkanes of at least 4 members (excludes halogenated alkanes) is 43. The minimum absolute atomic E-state index is 0.00270. The zero-order valence-electron chi connectivity index (χ0n) is 47.0. The summed E-state index contributed by atoms with van der Waals surface area (Å²) in [5.41, 5.74) is 0. The van der Waals surface area contributed by atoms with Gasteiger partial charge in [0.15, 0.2) is 0 Å². The standard InChI is InChI=1S/C64H121NO5/c1-3-5-7-9-11-13-15-17-19-20-26-30-34-38-42-46-50-54-58-64(69)70-59-55-51-47-43-39-35-31-27-24-22-21-23-25-29-33-37-41-45-49-53-57-63(68)65-61(60-66)62(67)56-52-48-44-40-36-32-28-18-16-14-12-10-8-6-4-2/h19-21,23,52,56,61-62,66-67H,3-18,22,24-51,53-55,57-60H2,1-2H3,(H,65,68)/b20-19-,23-21-,56-52+. The average Bonchev–Trinajstić information content (AvgIpc) is 3.36. The molecule has 0 bridgehead atoms. The largest absolute Gasteiger partial charge is 0.466 e. The van der Waals surface area contributed by atoms with Gasteiger partial charge in [0.1, 0.15) is 0 Å². The van der Waals surface area contributed by atoms with E-state index in [2.05, 4.69) is 43.5 Å². The summed E-state index contributed by atoms with van der Waals surface area (Å²) in [7, 11) is 0. The summed E-state index contributed by atoms with van der Waals surface area (Å²) in [6, 6.07) is -0.634. The van der Waals surface area contributed by atoms with E-state index >= 15 is 0 Å². The third kappa shape index (κ3) is 55.4. The first kappa shape index (κ1) is 68.1. The number of nitrogens with one attached hydrogen (secondary N) is 1. The molecule has 0 spiro atoms. The fourth-order valence-electron chi connectivity index (χ4n) is 9.57. The van der Waals surface area contributed by atoms with E-state index in [0.29, 0.717) is 19.4 Å². The number of hydrogen-bond acceptors (Lipinski definition) is 5. The molecule has 1 amide bonds. The number of allylic oxidation sites excluding steroid dienone is 5. The molecular formula is C64H121NO5. The number of carbonyl (C=O) groups excluding carboxylic acids is 2. The summed E-state index contributed by atoms with van der Waals surface area (Å²) in [5, 5.41) is 23.1. The molecule has 0 aromatic rings. The Balaban J connectivity index is 3.44. The van der Waals surface area contributed by atoms with E-state index in [4.69, 9.17) is 4.74 Å². The number of aliphatic hydroxyl groups excluding tert-OH is 2. The second-order valence-electron chi connectivity index (χ2n) is 21.4. The van der Waals surface area contributed by atoms with Gasteiger partial charge in [-0.2, -0.15) is 0 Å². The van der Waals surface area contributed by atoms with Crippen LogP contribution in [-0.4, -0.2) is 47.4 Å². The van der Waals surface area contributed by atoms with Crippen LogP contribution < -0.4 is 5.32 Å². The summed E-state index contributed by atoms with van der Waals surface area (Å²) in [6.07, 6.45) is 74.7. The molecule has 0 aromatic carbocycles. The van der Waals surface area contributed by atoms with Crippen molar-refractivity contribution in [1.82, 2.24) is 5.32 Å². The lowest BCUT2D eigenvalue weighted by molar-refractivity contribution is -0.143. The van der Waals surface area contributed by atoms with Gasteiger partial charge in [0.2, 0.25) is 5.91 Å². The fourth-order valence-corrected chi connectivity index (χ4v) is 9.57. The van der Waals surface area contributed by atoms with E-state index in [1.165, 1.54) is 257 Å². The highest BCUT2D eigenvalue weighted by Crippen LogP contribution is 2.17. The zero-order valence-corrected chi connectivity index (χ0v) is 47.0. The SMILES string of the molecule is CCCCCCCCC/C=C\CCCCCCCCCC(=O)OCCCCCCCCCCC/C=C\CCCCCCCCCC(=O)NC(CO)C(O)/C=C/CCCCCCCCCCCCCCC. The van der Waals surface area contributed by atoms with Crippen molar-refractivity contribution in [2.45, 2.75) is 347 Å². The van der Waals surface area contributed by atoms with Crippen molar-refractivity contribution >= 4 is 11.9 Å². The molecule has 0 rings (SSSR count). The van der Waals surface area contributed by atoms with Gasteiger partial charge in [-0.3, -0.25) is 9.59 Å². The lowest BCUT2D eigenvalue weighted by Crippen LogP contribution is -2.45. The average molecular weight is 985 g/mol. The van der Waals surface area contributed by atoms with Crippen LogP contribution in [-0.2, 0) is 14.3 Å². The van der Waals surface area contributed by atoms with Crippen molar-refractivity contribution < 1.29 is 24.5 Å². The highest BCUT2D eigenvalue weighted by Gasteiger charge is 2.18. The normalized spacial score (nSPS) is 12.8. The topological polar surface area (TPSA) is 95.9 Å². The lowest BCUT2D eigenvalue weighted by Gasteiger charge is -2.20. The number of esters is 1. The Morgan fingerprint density at radius 1 is 0.386 bits per heavy atom. The molecule has 0 aliphatic heterocycles. The maximum atomic E-state index is 12.5. The molecular weight excluding hydrogens is 863 g/mol. The maximum Gasteiger partial charge on any atom is 0.305 e. The first-order chi connectivity index (χ1) is 34.5. The van der Waals surface area contributed by atoms with Crippen LogP contribution >= 0.6 is 0 Å². The second-order valence-corrected chi connectivity index (χ2v) is 21.4. The third-order valence-corrected chi connectivity index (χ3v) is 14.4. The number of hydrogen-bond donors (Lipinski definition) is 3. The van der Waals surface area contributed by atoms with Crippen molar-refractivity contribution in [3.05, 3.63) is 36.5 Å². The molecule has 0 saturated heterocycles. The zero-order chi connectivity index (χ0) is 50.7. The Labute approximate surface area is 436 Å². The van der Waals surface area contributed by atoms with Gasteiger partial charge in [-0.15, -0.1) is 0 Å². The summed E-state index contributed by atoms with van der Waals surface area (Å²) in [6.45, 7) is 4.90. The summed E-state index contributed by atoms with van der Waals surface area (Å²) in [4.78, 5) is 24.5. The predicted molar refractivity (Wildman–Crippen MR) is 306 cm³/mol. The van der Waals surface area contributed by atoms with Gasteiger partial charge >= 0.3 is 5.97 Å². The summed E-state index contributed by atoms with van der Waals surface area (Å²) >= 11 is 0. The molecule has 2 unspecified atom stereocenters. The van der Waals surface area contributed by atoms with Crippen LogP contribution in [0.2, 0.25) is 0 Å². The van der Waals surface area contributed by atoms with Gasteiger partial charge in [-0.25, -0.2) is 0 Å². The Hall–Kier alpha value is -1.92. The van der Waals surface area contributed by atoms with Crippen molar-refractivity contribution in [2.75, 3.05) is 13.2 Å². The molecule has 0 saturated carbocycles. The van der Waals surface area contributed by atoms with E-state index in [1.54, 1.807) is 6.08 Å². The van der Waals surface area contributed by atoms with Crippen LogP contribution in [0.5, 0.6) is 0 Å². The van der Waals surface area contributed by atoms with Crippen LogP contribution in [0, 0.1) is 0 Å². The van der Waals surface area contributed by atoms with Gasteiger partial charge in [0, 0.05) is 12.8 Å². The molecule has 0 aliphatic carbocycles. The molecule has 0 radical (unpaired) electrons. The molecule has 70 heavy (non-hydrogen) atoms. The number of ether oxygens (including phenoxy) is 1. The Morgan fingerprint density at radius 3 is 1.01 bits per heavy atom. The minimum Gasteiger partial charge on any atom is -0.466 e. The van der Waals surface area contributed by atoms with Crippen molar-refractivity contribution in [1.29, 1.82) is 0 Å². The number of carbonyl (C=O) groups is 2. The van der Waals surface area contributed by atoms with Gasteiger partial charge in [-0.1, -0.05) is 275 Å². The first-order valence-electron chi connectivity index (χ1n) is 31.3. The van der Waals surface area contributed by atoms with Crippen LogP contribution in [0.1, 0.15) is 335 Å².